The first-order valence-corrected chi connectivity index (χ1v) is 7.88. The van der Waals surface area contributed by atoms with Crippen LogP contribution in [0.15, 0.2) is 24.3 Å². The van der Waals surface area contributed by atoms with Gasteiger partial charge < -0.3 is 19.9 Å². The lowest BCUT2D eigenvalue weighted by Crippen LogP contribution is -2.34. The second-order valence-corrected chi connectivity index (χ2v) is 5.71. The standard InChI is InChI=1S/C17H25NO4/c1-13-4-2-3-5-16(13)22-12-17(20)18-9-6-15(19)14-7-10-21-11-8-14/h2-5,14-15,19H,6-12H2,1H3,(H,18,20). The molecule has 0 saturated carbocycles. The molecule has 1 aromatic rings. The first-order chi connectivity index (χ1) is 10.7. The Bertz CT molecular complexity index is 471. The monoisotopic (exact) mass is 307 g/mol. The number of benzene rings is 1. The summed E-state index contributed by atoms with van der Waals surface area (Å²) >= 11 is 0. The highest BCUT2D eigenvalue weighted by molar-refractivity contribution is 5.77. The van der Waals surface area contributed by atoms with Crippen molar-refractivity contribution in [1.29, 1.82) is 0 Å². The number of para-hydroxylation sites is 1. The molecule has 1 amide bonds. The van der Waals surface area contributed by atoms with Gasteiger partial charge in [0.1, 0.15) is 5.75 Å². The summed E-state index contributed by atoms with van der Waals surface area (Å²) in [5.74, 6) is 0.844. The zero-order valence-corrected chi connectivity index (χ0v) is 13.1. The molecule has 5 heteroatoms. The molecule has 1 fully saturated rings. The Kier molecular flexibility index (Phi) is 6.68. The fraction of sp³-hybridized carbons (Fsp3) is 0.588. The van der Waals surface area contributed by atoms with Gasteiger partial charge in [0.25, 0.3) is 5.91 Å². The van der Waals surface area contributed by atoms with E-state index in [1.54, 1.807) is 0 Å². The third-order valence-electron chi connectivity index (χ3n) is 4.02. The number of ether oxygens (including phenoxy) is 2. The van der Waals surface area contributed by atoms with Crippen molar-refractivity contribution in [3.05, 3.63) is 29.8 Å². The number of carbonyl (C=O) groups excluding carboxylic acids is 1. The minimum absolute atomic E-state index is 0.00177. The van der Waals surface area contributed by atoms with Gasteiger partial charge in [0.2, 0.25) is 0 Å². The van der Waals surface area contributed by atoms with Crippen LogP contribution in [0.25, 0.3) is 0 Å². The molecule has 5 nitrogen and oxygen atoms in total. The number of amides is 1. The van der Waals surface area contributed by atoms with E-state index in [0.29, 0.717) is 13.0 Å². The Hall–Kier alpha value is -1.59. The molecule has 1 aliphatic rings. The number of aliphatic hydroxyl groups excluding tert-OH is 1. The molecule has 0 radical (unpaired) electrons. The van der Waals surface area contributed by atoms with Crippen LogP contribution in [0.1, 0.15) is 24.8 Å². The maximum absolute atomic E-state index is 11.7. The number of carbonyl (C=O) groups is 1. The second-order valence-electron chi connectivity index (χ2n) is 5.71. The molecule has 0 spiro atoms. The van der Waals surface area contributed by atoms with Crippen LogP contribution < -0.4 is 10.1 Å². The lowest BCUT2D eigenvalue weighted by molar-refractivity contribution is -0.123. The largest absolute Gasteiger partial charge is 0.484 e. The molecule has 1 unspecified atom stereocenters. The molecule has 1 aromatic carbocycles. The second kappa shape index (κ2) is 8.76. The van der Waals surface area contributed by atoms with Gasteiger partial charge in [-0.2, -0.15) is 0 Å². The van der Waals surface area contributed by atoms with Crippen LogP contribution in [0.2, 0.25) is 0 Å². The van der Waals surface area contributed by atoms with Crippen molar-refractivity contribution in [3.63, 3.8) is 0 Å². The summed E-state index contributed by atoms with van der Waals surface area (Å²) in [6, 6.07) is 7.60. The zero-order valence-electron chi connectivity index (χ0n) is 13.1. The van der Waals surface area contributed by atoms with Crippen LogP contribution in [0, 0.1) is 12.8 Å². The molecule has 0 aromatic heterocycles. The van der Waals surface area contributed by atoms with Gasteiger partial charge in [0.15, 0.2) is 6.61 Å². The highest BCUT2D eigenvalue weighted by Crippen LogP contribution is 2.20. The Balaban J connectivity index is 1.62. The summed E-state index contributed by atoms with van der Waals surface area (Å²) in [5.41, 5.74) is 1.00. The number of aryl methyl sites for hydroxylation is 1. The topological polar surface area (TPSA) is 67.8 Å². The highest BCUT2D eigenvalue weighted by Gasteiger charge is 2.21. The number of aliphatic hydroxyl groups is 1. The lowest BCUT2D eigenvalue weighted by Gasteiger charge is -2.26. The van der Waals surface area contributed by atoms with Gasteiger partial charge in [-0.1, -0.05) is 18.2 Å². The summed E-state index contributed by atoms with van der Waals surface area (Å²) in [6.45, 7) is 3.85. The molecule has 1 atom stereocenters. The summed E-state index contributed by atoms with van der Waals surface area (Å²) in [4.78, 5) is 11.7. The molecule has 1 heterocycles. The fourth-order valence-electron chi connectivity index (χ4n) is 2.61. The summed E-state index contributed by atoms with van der Waals surface area (Å²) in [5, 5.41) is 12.9. The third kappa shape index (κ3) is 5.31. The average Bonchev–Trinajstić information content (AvgIpc) is 2.55. The summed E-state index contributed by atoms with van der Waals surface area (Å²) in [6.07, 6.45) is 1.99. The first-order valence-electron chi connectivity index (χ1n) is 7.88. The molecular weight excluding hydrogens is 282 g/mol. The van der Waals surface area contributed by atoms with E-state index in [9.17, 15) is 9.90 Å². The van der Waals surface area contributed by atoms with Crippen LogP contribution in [0.4, 0.5) is 0 Å². The van der Waals surface area contributed by atoms with Crippen molar-refractivity contribution in [2.45, 2.75) is 32.3 Å². The van der Waals surface area contributed by atoms with E-state index >= 15 is 0 Å². The predicted octanol–water partition coefficient (Wildman–Crippen LogP) is 1.67. The van der Waals surface area contributed by atoms with E-state index in [-0.39, 0.29) is 24.5 Å². The van der Waals surface area contributed by atoms with Crippen molar-refractivity contribution in [3.8, 4) is 5.75 Å². The molecule has 0 bridgehead atoms. The van der Waals surface area contributed by atoms with Crippen LogP contribution in [0.5, 0.6) is 5.75 Å². The predicted molar refractivity (Wildman–Crippen MR) is 83.9 cm³/mol. The van der Waals surface area contributed by atoms with Crippen LogP contribution in [0.3, 0.4) is 0 Å². The van der Waals surface area contributed by atoms with Gasteiger partial charge >= 0.3 is 0 Å². The van der Waals surface area contributed by atoms with Crippen molar-refractivity contribution in [1.82, 2.24) is 5.32 Å². The smallest absolute Gasteiger partial charge is 0.257 e. The highest BCUT2D eigenvalue weighted by atomic mass is 16.5. The maximum Gasteiger partial charge on any atom is 0.257 e. The van der Waals surface area contributed by atoms with Crippen LogP contribution in [-0.2, 0) is 9.53 Å². The van der Waals surface area contributed by atoms with Gasteiger partial charge in [-0.05, 0) is 43.7 Å². The van der Waals surface area contributed by atoms with Gasteiger partial charge in [0.05, 0.1) is 6.10 Å². The lowest BCUT2D eigenvalue weighted by atomic mass is 9.92. The van der Waals surface area contributed by atoms with Gasteiger partial charge in [0, 0.05) is 19.8 Å². The van der Waals surface area contributed by atoms with Gasteiger partial charge in [-0.3, -0.25) is 4.79 Å². The van der Waals surface area contributed by atoms with Gasteiger partial charge in [-0.25, -0.2) is 0 Å². The third-order valence-corrected chi connectivity index (χ3v) is 4.02. The molecule has 22 heavy (non-hydrogen) atoms. The molecule has 2 N–H and O–H groups in total. The number of nitrogens with one attached hydrogen (secondary N) is 1. The number of hydrogen-bond acceptors (Lipinski definition) is 4. The molecule has 122 valence electrons. The van der Waals surface area contributed by atoms with Crippen molar-refractivity contribution >= 4 is 5.91 Å². The number of hydrogen-bond donors (Lipinski definition) is 2. The maximum atomic E-state index is 11.7. The van der Waals surface area contributed by atoms with Crippen molar-refractivity contribution in [2.24, 2.45) is 5.92 Å². The van der Waals surface area contributed by atoms with E-state index in [0.717, 1.165) is 37.4 Å². The number of rotatable bonds is 7. The quantitative estimate of drug-likeness (QED) is 0.804. The Morgan fingerprint density at radius 2 is 2.14 bits per heavy atom. The SMILES string of the molecule is Cc1ccccc1OCC(=O)NCCC(O)C1CCOCC1. The molecular formula is C17H25NO4. The Morgan fingerprint density at radius 1 is 1.41 bits per heavy atom. The van der Waals surface area contributed by atoms with E-state index in [2.05, 4.69) is 5.32 Å². The van der Waals surface area contributed by atoms with Crippen molar-refractivity contribution < 1.29 is 19.4 Å². The average molecular weight is 307 g/mol. The summed E-state index contributed by atoms with van der Waals surface area (Å²) < 4.78 is 10.8. The molecule has 0 aliphatic carbocycles. The Labute approximate surface area is 131 Å². The van der Waals surface area contributed by atoms with E-state index in [4.69, 9.17) is 9.47 Å². The van der Waals surface area contributed by atoms with E-state index < -0.39 is 0 Å². The fourth-order valence-corrected chi connectivity index (χ4v) is 2.61. The minimum Gasteiger partial charge on any atom is -0.484 e. The molecule has 1 saturated heterocycles. The summed E-state index contributed by atoms with van der Waals surface area (Å²) in [7, 11) is 0. The molecule has 1 aliphatic heterocycles. The van der Waals surface area contributed by atoms with Crippen molar-refractivity contribution in [2.75, 3.05) is 26.4 Å². The van der Waals surface area contributed by atoms with Crippen LogP contribution in [-0.4, -0.2) is 43.5 Å². The van der Waals surface area contributed by atoms with Gasteiger partial charge in [-0.15, -0.1) is 0 Å². The Morgan fingerprint density at radius 3 is 2.86 bits per heavy atom. The first kappa shape index (κ1) is 16.8. The zero-order chi connectivity index (χ0) is 15.8. The van der Waals surface area contributed by atoms with E-state index in [1.807, 2.05) is 31.2 Å². The normalized spacial score (nSPS) is 17.0. The van der Waals surface area contributed by atoms with Crippen LogP contribution >= 0.6 is 0 Å². The van der Waals surface area contributed by atoms with E-state index in [1.165, 1.54) is 0 Å². The minimum atomic E-state index is -0.374. The molecule has 2 rings (SSSR count).